The largest absolute Gasteiger partial charge is 0.310 e. The maximum Gasteiger partial charge on any atom is 0.0991 e. The maximum absolute atomic E-state index is 8.85. The highest BCUT2D eigenvalue weighted by atomic mass is 16.7. The maximum atomic E-state index is 8.85. The van der Waals surface area contributed by atoms with Crippen LogP contribution in [0.15, 0.2) is 24.3 Å². The molecule has 0 bridgehead atoms. The topological polar surface area (TPSA) is 48.3 Å². The molecule has 1 aliphatic rings. The Bertz CT molecular complexity index is 419. The van der Waals surface area contributed by atoms with Gasteiger partial charge < -0.3 is 10.2 Å². The van der Waals surface area contributed by atoms with Crippen molar-refractivity contribution >= 4 is 0 Å². The molecule has 1 saturated heterocycles. The summed E-state index contributed by atoms with van der Waals surface area (Å²) in [6.07, 6.45) is 2.21. The molecule has 96 valence electrons. The van der Waals surface area contributed by atoms with Crippen LogP contribution in [0.2, 0.25) is 0 Å². The molecule has 0 saturated carbocycles. The van der Waals surface area contributed by atoms with Crippen molar-refractivity contribution in [3.05, 3.63) is 35.4 Å². The van der Waals surface area contributed by atoms with Gasteiger partial charge in [0.25, 0.3) is 0 Å². The Morgan fingerprint density at radius 1 is 1.44 bits per heavy atom. The molecule has 18 heavy (non-hydrogen) atoms. The monoisotopic (exact) mass is 245 g/mol. The molecule has 1 fully saturated rings. The van der Waals surface area contributed by atoms with Crippen LogP contribution in [0.4, 0.5) is 0 Å². The zero-order valence-electron chi connectivity index (χ0n) is 10.7. The van der Waals surface area contributed by atoms with Gasteiger partial charge >= 0.3 is 0 Å². The van der Waals surface area contributed by atoms with E-state index in [1.807, 2.05) is 23.3 Å². The van der Waals surface area contributed by atoms with Crippen LogP contribution >= 0.6 is 0 Å². The van der Waals surface area contributed by atoms with Gasteiger partial charge in [-0.3, -0.25) is 0 Å². The Hall–Kier alpha value is -1.41. The molecule has 1 aromatic rings. The third kappa shape index (κ3) is 3.54. The summed E-state index contributed by atoms with van der Waals surface area (Å²) in [6.45, 7) is 2.78. The van der Waals surface area contributed by atoms with Crippen molar-refractivity contribution in [2.75, 3.05) is 20.2 Å². The van der Waals surface area contributed by atoms with Gasteiger partial charge in [0.2, 0.25) is 0 Å². The Kier molecular flexibility index (Phi) is 4.71. The average Bonchev–Trinajstić information content (AvgIpc) is 2.46. The number of piperidine rings is 1. The molecule has 1 aromatic carbocycles. The number of nitriles is 1. The van der Waals surface area contributed by atoms with Crippen molar-refractivity contribution in [1.82, 2.24) is 10.4 Å². The molecular formula is C14H19N3O. The van der Waals surface area contributed by atoms with E-state index < -0.39 is 0 Å². The molecule has 2 rings (SSSR count). The zero-order chi connectivity index (χ0) is 12.8. The molecule has 4 heteroatoms. The van der Waals surface area contributed by atoms with Crippen LogP contribution in [0.5, 0.6) is 0 Å². The first kappa shape index (κ1) is 13.0. The predicted octanol–water partition coefficient (Wildman–Crippen LogP) is 1.67. The van der Waals surface area contributed by atoms with E-state index in [1.54, 1.807) is 7.11 Å². The molecule has 0 atom stereocenters. The molecular weight excluding hydrogens is 226 g/mol. The number of hydroxylamine groups is 2. The van der Waals surface area contributed by atoms with Gasteiger partial charge in [-0.1, -0.05) is 12.1 Å². The van der Waals surface area contributed by atoms with Gasteiger partial charge in [0, 0.05) is 25.7 Å². The van der Waals surface area contributed by atoms with E-state index in [0.29, 0.717) is 6.04 Å². The van der Waals surface area contributed by atoms with Crippen molar-refractivity contribution in [3.8, 4) is 6.07 Å². The summed E-state index contributed by atoms with van der Waals surface area (Å²) in [4.78, 5) is 5.20. The van der Waals surface area contributed by atoms with E-state index in [2.05, 4.69) is 17.5 Å². The van der Waals surface area contributed by atoms with Crippen molar-refractivity contribution in [1.29, 1.82) is 5.26 Å². The van der Waals surface area contributed by atoms with Gasteiger partial charge in [-0.05, 0) is 30.5 Å². The van der Waals surface area contributed by atoms with Crippen LogP contribution in [-0.4, -0.2) is 31.3 Å². The van der Waals surface area contributed by atoms with Crippen LogP contribution in [0.1, 0.15) is 24.0 Å². The minimum absolute atomic E-state index is 0.544. The van der Waals surface area contributed by atoms with Crippen molar-refractivity contribution in [2.45, 2.75) is 25.4 Å². The van der Waals surface area contributed by atoms with E-state index in [9.17, 15) is 0 Å². The summed E-state index contributed by atoms with van der Waals surface area (Å²) in [5.74, 6) is 0. The Morgan fingerprint density at radius 2 is 2.22 bits per heavy atom. The quantitative estimate of drug-likeness (QED) is 0.876. The third-order valence-electron chi connectivity index (χ3n) is 3.36. The standard InChI is InChI=1S/C14H19N3O/c1-18-17-7-5-14(6-8-17)16-11-13-4-2-3-12(9-13)10-15/h2-4,9,14,16H,5-8,11H2,1H3. The number of nitrogens with one attached hydrogen (secondary N) is 1. The minimum atomic E-state index is 0.544. The predicted molar refractivity (Wildman–Crippen MR) is 69.6 cm³/mol. The molecule has 4 nitrogen and oxygen atoms in total. The van der Waals surface area contributed by atoms with Gasteiger partial charge in [0.1, 0.15) is 0 Å². The highest BCUT2D eigenvalue weighted by Crippen LogP contribution is 2.11. The third-order valence-corrected chi connectivity index (χ3v) is 3.36. The van der Waals surface area contributed by atoms with E-state index >= 15 is 0 Å². The number of hydrogen-bond donors (Lipinski definition) is 1. The van der Waals surface area contributed by atoms with Gasteiger partial charge in [-0.2, -0.15) is 10.3 Å². The van der Waals surface area contributed by atoms with Crippen molar-refractivity contribution < 1.29 is 4.84 Å². The second-order valence-corrected chi connectivity index (χ2v) is 4.58. The molecule has 1 N–H and O–H groups in total. The molecule has 0 aromatic heterocycles. The van der Waals surface area contributed by atoms with Gasteiger partial charge in [0.15, 0.2) is 0 Å². The summed E-state index contributed by atoms with van der Waals surface area (Å²) < 4.78 is 0. The fraction of sp³-hybridized carbons (Fsp3) is 0.500. The summed E-state index contributed by atoms with van der Waals surface area (Å²) >= 11 is 0. The molecule has 0 spiro atoms. The van der Waals surface area contributed by atoms with Crippen molar-refractivity contribution in [2.24, 2.45) is 0 Å². The first-order chi connectivity index (χ1) is 8.81. The highest BCUT2D eigenvalue weighted by molar-refractivity contribution is 5.32. The van der Waals surface area contributed by atoms with E-state index in [1.165, 1.54) is 5.56 Å². The van der Waals surface area contributed by atoms with Crippen LogP contribution < -0.4 is 5.32 Å². The van der Waals surface area contributed by atoms with Crippen LogP contribution in [0.3, 0.4) is 0 Å². The fourth-order valence-corrected chi connectivity index (χ4v) is 2.26. The summed E-state index contributed by atoms with van der Waals surface area (Å²) in [5, 5.41) is 14.4. The summed E-state index contributed by atoms with van der Waals surface area (Å²) in [6, 6.07) is 10.5. The highest BCUT2D eigenvalue weighted by Gasteiger charge is 2.18. The van der Waals surface area contributed by atoms with Crippen LogP contribution in [-0.2, 0) is 11.4 Å². The first-order valence-corrected chi connectivity index (χ1v) is 6.33. The minimum Gasteiger partial charge on any atom is -0.310 e. The van der Waals surface area contributed by atoms with E-state index in [0.717, 1.165) is 38.0 Å². The average molecular weight is 245 g/mol. The Balaban J connectivity index is 1.80. The zero-order valence-corrected chi connectivity index (χ0v) is 10.7. The smallest absolute Gasteiger partial charge is 0.0991 e. The van der Waals surface area contributed by atoms with E-state index in [4.69, 9.17) is 10.1 Å². The van der Waals surface area contributed by atoms with Crippen LogP contribution in [0.25, 0.3) is 0 Å². The number of hydrogen-bond acceptors (Lipinski definition) is 4. The van der Waals surface area contributed by atoms with Gasteiger partial charge in [-0.25, -0.2) is 0 Å². The summed E-state index contributed by atoms with van der Waals surface area (Å²) in [5.41, 5.74) is 1.90. The SMILES string of the molecule is CON1CCC(NCc2cccc(C#N)c2)CC1. The molecule has 1 heterocycles. The number of rotatable bonds is 4. The number of nitrogens with zero attached hydrogens (tertiary/aromatic N) is 2. The summed E-state index contributed by atoms with van der Waals surface area (Å²) in [7, 11) is 1.72. The van der Waals surface area contributed by atoms with E-state index in [-0.39, 0.29) is 0 Å². The molecule has 0 amide bonds. The second kappa shape index (κ2) is 6.50. The normalized spacial score (nSPS) is 17.6. The lowest BCUT2D eigenvalue weighted by Crippen LogP contribution is -2.41. The van der Waals surface area contributed by atoms with Crippen molar-refractivity contribution in [3.63, 3.8) is 0 Å². The molecule has 1 aliphatic heterocycles. The van der Waals surface area contributed by atoms with Gasteiger partial charge in [-0.15, -0.1) is 0 Å². The fourth-order valence-electron chi connectivity index (χ4n) is 2.26. The second-order valence-electron chi connectivity index (χ2n) is 4.58. The first-order valence-electron chi connectivity index (χ1n) is 6.33. The lowest BCUT2D eigenvalue weighted by atomic mass is 10.1. The van der Waals surface area contributed by atoms with Crippen LogP contribution in [0, 0.1) is 11.3 Å². The Labute approximate surface area is 108 Å². The Morgan fingerprint density at radius 3 is 2.89 bits per heavy atom. The lowest BCUT2D eigenvalue weighted by molar-refractivity contribution is -0.144. The lowest BCUT2D eigenvalue weighted by Gasteiger charge is -2.30. The number of benzene rings is 1. The molecule has 0 unspecified atom stereocenters. The molecule has 0 aliphatic carbocycles. The van der Waals surface area contributed by atoms with Gasteiger partial charge in [0.05, 0.1) is 18.7 Å². The molecule has 0 radical (unpaired) electrons.